The van der Waals surface area contributed by atoms with Gasteiger partial charge in [-0.3, -0.25) is 9.22 Å². The van der Waals surface area contributed by atoms with Crippen molar-refractivity contribution in [2.24, 2.45) is 10.8 Å². The van der Waals surface area contributed by atoms with Crippen LogP contribution in [0.2, 0.25) is 0 Å². The normalized spacial score (nSPS) is 13.5. The first-order valence-corrected chi connectivity index (χ1v) is 9.85. The largest absolute Gasteiger partial charge is 0.579 e. The molecule has 2 N–H and O–H groups in total. The number of rotatable bonds is 10. The van der Waals surface area contributed by atoms with E-state index in [0.29, 0.717) is 13.0 Å². The lowest BCUT2D eigenvalue weighted by molar-refractivity contribution is -0.371. The van der Waals surface area contributed by atoms with Crippen molar-refractivity contribution < 1.29 is 19.1 Å². The zero-order chi connectivity index (χ0) is 17.4. The molecule has 0 radical (unpaired) electrons. The van der Waals surface area contributed by atoms with E-state index in [1.54, 1.807) is 35.4 Å². The molecule has 1 amide bonds. The highest BCUT2D eigenvalue weighted by Crippen LogP contribution is 2.36. The van der Waals surface area contributed by atoms with Crippen molar-refractivity contribution in [3.8, 4) is 0 Å². The van der Waals surface area contributed by atoms with Crippen LogP contribution in [0.15, 0.2) is 0 Å². The summed E-state index contributed by atoms with van der Waals surface area (Å²) >= 11 is 0. The molecule has 5 nitrogen and oxygen atoms in total. The molecule has 0 unspecified atom stereocenters. The Morgan fingerprint density at radius 2 is 1.86 bits per heavy atom. The lowest BCUT2D eigenvalue weighted by Crippen LogP contribution is -2.48. The molecule has 0 fully saturated rings. The van der Waals surface area contributed by atoms with Crippen LogP contribution in [0.3, 0.4) is 0 Å². The third kappa shape index (κ3) is 7.65. The van der Waals surface area contributed by atoms with Gasteiger partial charge in [-0.05, 0) is 6.26 Å². The summed E-state index contributed by atoms with van der Waals surface area (Å²) in [5.74, 6) is 0.270. The number of amides is 1. The Morgan fingerprint density at radius 1 is 1.27 bits per heavy atom. The molecule has 22 heavy (non-hydrogen) atoms. The zero-order valence-electron chi connectivity index (χ0n) is 14.1. The first kappa shape index (κ1) is 21.5. The molecule has 0 rings (SSSR count). The van der Waals surface area contributed by atoms with E-state index in [-0.39, 0.29) is 12.3 Å². The highest BCUT2D eigenvalue weighted by Gasteiger charge is 2.43. The number of aliphatic hydroxyl groups excluding tert-OH is 1. The van der Waals surface area contributed by atoms with Gasteiger partial charge in [0, 0.05) is 34.3 Å². The van der Waals surface area contributed by atoms with Crippen LogP contribution in [0.4, 0.5) is 0 Å². The van der Waals surface area contributed by atoms with Crippen LogP contribution >= 0.6 is 21.6 Å². The van der Waals surface area contributed by atoms with E-state index in [0.717, 1.165) is 5.75 Å². The summed E-state index contributed by atoms with van der Waals surface area (Å²) in [4.78, 5) is 23.2. The molecular weight excluding hydrogens is 322 g/mol. The maximum Gasteiger partial charge on any atom is 0.579 e. The van der Waals surface area contributed by atoms with Gasteiger partial charge in [0.2, 0.25) is 5.91 Å². The van der Waals surface area contributed by atoms with Crippen LogP contribution in [0.1, 0.15) is 40.5 Å². The molecule has 1 atom stereocenters. The fourth-order valence-corrected chi connectivity index (χ4v) is 3.49. The smallest absolute Gasteiger partial charge is 0.392 e. The first-order chi connectivity index (χ1) is 10.1. The first-order valence-electron chi connectivity index (χ1n) is 7.12. The molecule has 0 aromatic carbocycles. The predicted octanol–water partition coefficient (Wildman–Crippen LogP) is 2.20. The Labute approximate surface area is 141 Å². The third-order valence-electron chi connectivity index (χ3n) is 3.51. The molecule has 0 spiro atoms. The van der Waals surface area contributed by atoms with Crippen LogP contribution in [0.25, 0.3) is 0 Å². The van der Waals surface area contributed by atoms with Gasteiger partial charge in [0.25, 0.3) is 0 Å². The second-order valence-corrected chi connectivity index (χ2v) is 9.27. The van der Waals surface area contributed by atoms with Crippen LogP contribution in [-0.4, -0.2) is 48.4 Å². The monoisotopic (exact) mass is 350 g/mol. The summed E-state index contributed by atoms with van der Waals surface area (Å²) < 4.78 is 4.43. The Morgan fingerprint density at radius 3 is 2.36 bits per heavy atom. The zero-order valence-corrected chi connectivity index (χ0v) is 15.7. The van der Waals surface area contributed by atoms with Crippen molar-refractivity contribution >= 4 is 40.3 Å². The van der Waals surface area contributed by atoms with Gasteiger partial charge in [-0.1, -0.05) is 49.3 Å². The van der Waals surface area contributed by atoms with E-state index in [1.807, 2.05) is 20.1 Å². The number of carbonyl (C=O) groups is 2. The van der Waals surface area contributed by atoms with Crippen molar-refractivity contribution in [1.82, 2.24) is 5.32 Å². The average molecular weight is 351 g/mol. The Hall–Kier alpha value is -0.530. The van der Waals surface area contributed by atoms with Crippen LogP contribution in [0, 0.1) is 10.8 Å². The Bertz CT molecular complexity index is 397. The Balaban J connectivity index is 4.54. The molecule has 0 aromatic rings. The topological polar surface area (TPSA) is 77.7 Å². The van der Waals surface area contributed by atoms with E-state index < -0.39 is 22.9 Å². The van der Waals surface area contributed by atoms with E-state index in [9.17, 15) is 14.7 Å². The number of nitrogens with one attached hydrogen (secondary N) is 1. The summed E-state index contributed by atoms with van der Waals surface area (Å²) in [6, 6.07) is 0. The van der Waals surface area contributed by atoms with Crippen LogP contribution < -0.4 is 5.32 Å². The molecule has 0 aromatic heterocycles. The standard InChI is InChI=1S/C15H27NO4S2/c1-14(2,9-12(18)20-5)13(19)15(3,4)10-16-11(17)7-8-22-21-6/h13,19H,5,7-10H2,1-4,6H3/p+1/t13-/m1/s1. The maximum atomic E-state index is 11.8. The molecular formula is C15H28NO4S2+. The van der Waals surface area contributed by atoms with Gasteiger partial charge in [-0.25, -0.2) is 0 Å². The second kappa shape index (κ2) is 9.57. The quantitative estimate of drug-likeness (QED) is 0.359. The van der Waals surface area contributed by atoms with Gasteiger partial charge in [0.15, 0.2) is 6.79 Å². The van der Waals surface area contributed by atoms with E-state index in [1.165, 1.54) is 0 Å². The number of hydrogen-bond acceptors (Lipinski definition) is 5. The summed E-state index contributed by atoms with van der Waals surface area (Å²) in [5, 5.41) is 13.4. The van der Waals surface area contributed by atoms with Gasteiger partial charge < -0.3 is 10.4 Å². The minimum absolute atomic E-state index is 0.0307. The molecule has 0 bridgehead atoms. The molecule has 7 heteroatoms. The maximum absolute atomic E-state index is 11.8. The highest BCUT2D eigenvalue weighted by molar-refractivity contribution is 8.76. The van der Waals surface area contributed by atoms with E-state index in [2.05, 4.69) is 16.5 Å². The minimum Gasteiger partial charge on any atom is -0.392 e. The van der Waals surface area contributed by atoms with Gasteiger partial charge in [0.05, 0.1) is 6.10 Å². The molecule has 0 aliphatic rings. The summed E-state index contributed by atoms with van der Waals surface area (Å²) in [5.41, 5.74) is -1.23. The van der Waals surface area contributed by atoms with Crippen molar-refractivity contribution in [1.29, 1.82) is 0 Å². The van der Waals surface area contributed by atoms with E-state index in [4.69, 9.17) is 0 Å². The highest BCUT2D eigenvalue weighted by atomic mass is 33.1. The number of carbonyl (C=O) groups excluding carboxylic acids is 3. The van der Waals surface area contributed by atoms with Crippen molar-refractivity contribution in [3.63, 3.8) is 0 Å². The number of aliphatic hydroxyl groups is 1. The van der Waals surface area contributed by atoms with Gasteiger partial charge in [-0.2, -0.15) is 0 Å². The van der Waals surface area contributed by atoms with Crippen molar-refractivity contribution in [3.05, 3.63) is 0 Å². The van der Waals surface area contributed by atoms with Crippen LogP contribution in [-0.2, 0) is 14.0 Å². The summed E-state index contributed by atoms with van der Waals surface area (Å²) in [6.07, 6.45) is 1.72. The van der Waals surface area contributed by atoms with Gasteiger partial charge >= 0.3 is 5.97 Å². The molecule has 0 aliphatic carbocycles. The second-order valence-electron chi connectivity index (χ2n) is 6.59. The van der Waals surface area contributed by atoms with Crippen LogP contribution in [0.5, 0.6) is 0 Å². The number of hydrogen-bond donors (Lipinski definition) is 2. The fourth-order valence-electron chi connectivity index (χ4n) is 2.31. The minimum atomic E-state index is -0.778. The fraction of sp³-hybridized carbons (Fsp3) is 0.800. The predicted molar refractivity (Wildman–Crippen MR) is 93.9 cm³/mol. The van der Waals surface area contributed by atoms with Gasteiger partial charge in [0.1, 0.15) is 6.42 Å². The SMILES string of the molecule is C=[O+]C(=O)CC(C)(C)[C@@H](O)C(C)(C)CNC(=O)CCSSC. The summed E-state index contributed by atoms with van der Waals surface area (Å²) in [6.45, 7) is 10.8. The average Bonchev–Trinajstić information content (AvgIpc) is 2.44. The third-order valence-corrected chi connectivity index (χ3v) is 5.33. The Kier molecular flexibility index (Phi) is 9.34. The molecule has 0 saturated carbocycles. The van der Waals surface area contributed by atoms with Crippen molar-refractivity contribution in [2.45, 2.75) is 46.6 Å². The van der Waals surface area contributed by atoms with Crippen molar-refractivity contribution in [2.75, 3.05) is 18.6 Å². The molecule has 0 aliphatic heterocycles. The lowest BCUT2D eigenvalue weighted by atomic mass is 9.70. The van der Waals surface area contributed by atoms with E-state index >= 15 is 0 Å². The molecule has 128 valence electrons. The van der Waals surface area contributed by atoms with Gasteiger partial charge in [-0.15, -0.1) is 0 Å². The lowest BCUT2D eigenvalue weighted by Gasteiger charge is -2.39. The summed E-state index contributed by atoms with van der Waals surface area (Å²) in [7, 11) is 3.27. The molecule has 0 saturated heterocycles. The molecule has 0 heterocycles.